The van der Waals surface area contributed by atoms with Crippen LogP contribution in [0.25, 0.3) is 0 Å². The highest BCUT2D eigenvalue weighted by atomic mass is 28.4. The summed E-state index contributed by atoms with van der Waals surface area (Å²) in [6.07, 6.45) is -5.85. The van der Waals surface area contributed by atoms with E-state index in [0.717, 1.165) is 6.92 Å². The van der Waals surface area contributed by atoms with Crippen LogP contribution in [0.5, 0.6) is 0 Å². The molecular weight excluding hydrogens is 173 g/mol. The van der Waals surface area contributed by atoms with Gasteiger partial charge in [0.05, 0.1) is 0 Å². The highest BCUT2D eigenvalue weighted by Gasteiger charge is 2.39. The zero-order valence-corrected chi connectivity index (χ0v) is 8.12. The average molecular weight is 186 g/mol. The molecule has 0 fully saturated rings. The van der Waals surface area contributed by atoms with Crippen molar-refractivity contribution >= 4 is 8.32 Å². The molecule has 0 spiro atoms. The molecule has 0 aliphatic heterocycles. The number of alkyl halides is 3. The molecule has 1 unspecified atom stereocenters. The van der Waals surface area contributed by atoms with Gasteiger partial charge in [-0.15, -0.1) is 0 Å². The smallest absolute Gasteiger partial charge is 0.406 e. The number of hydrogen-bond donors (Lipinski definition) is 0. The normalized spacial score (nSPS) is 16.6. The molecule has 0 saturated heterocycles. The Kier molecular flexibility index (Phi) is 3.13. The minimum absolute atomic E-state index is 1.04. The van der Waals surface area contributed by atoms with Crippen LogP contribution in [0.3, 0.4) is 0 Å². The van der Waals surface area contributed by atoms with Crippen molar-refractivity contribution in [1.82, 2.24) is 0 Å². The molecule has 68 valence electrons. The Morgan fingerprint density at radius 2 is 1.55 bits per heavy atom. The molecule has 0 radical (unpaired) electrons. The maximum absolute atomic E-state index is 11.9. The molecule has 1 atom stereocenters. The molecule has 0 saturated carbocycles. The average Bonchev–Trinajstić information content (AvgIpc) is 1.56. The van der Waals surface area contributed by atoms with Gasteiger partial charge in [-0.3, -0.25) is 0 Å². The van der Waals surface area contributed by atoms with Crippen LogP contribution in [0.15, 0.2) is 0 Å². The summed E-state index contributed by atoms with van der Waals surface area (Å²) in [7, 11) is -2.05. The van der Waals surface area contributed by atoms with Crippen LogP contribution in [0.4, 0.5) is 13.2 Å². The standard InChI is InChI=1S/C6H13F3OSi/c1-5(6(7,8)9)10-11(2,3)4/h5H,1-4H3. The molecule has 0 aromatic heterocycles. The Hall–Kier alpha value is -0.0331. The van der Waals surface area contributed by atoms with Crippen molar-refractivity contribution < 1.29 is 17.6 Å². The summed E-state index contributed by atoms with van der Waals surface area (Å²) in [5.41, 5.74) is 0. The predicted octanol–water partition coefficient (Wildman–Crippen LogP) is 2.79. The fourth-order valence-electron chi connectivity index (χ4n) is 0.597. The van der Waals surface area contributed by atoms with Gasteiger partial charge in [-0.05, 0) is 26.6 Å². The van der Waals surface area contributed by atoms with Crippen molar-refractivity contribution in [2.45, 2.75) is 38.8 Å². The zero-order valence-electron chi connectivity index (χ0n) is 7.12. The molecule has 1 nitrogen and oxygen atoms in total. The van der Waals surface area contributed by atoms with Gasteiger partial charge < -0.3 is 4.43 Å². The third-order valence-electron chi connectivity index (χ3n) is 0.991. The molecule has 0 aromatic carbocycles. The van der Waals surface area contributed by atoms with Gasteiger partial charge in [0.15, 0.2) is 8.32 Å². The van der Waals surface area contributed by atoms with Crippen molar-refractivity contribution in [2.75, 3.05) is 0 Å². The minimum atomic E-state index is -4.22. The van der Waals surface area contributed by atoms with E-state index in [1.165, 1.54) is 0 Å². The molecule has 11 heavy (non-hydrogen) atoms. The number of halogens is 3. The highest BCUT2D eigenvalue weighted by molar-refractivity contribution is 6.69. The number of rotatable bonds is 2. The van der Waals surface area contributed by atoms with E-state index < -0.39 is 20.6 Å². The first-order chi connectivity index (χ1) is 4.63. The lowest BCUT2D eigenvalue weighted by Crippen LogP contribution is -2.38. The highest BCUT2D eigenvalue weighted by Crippen LogP contribution is 2.24. The van der Waals surface area contributed by atoms with Gasteiger partial charge in [-0.1, -0.05) is 0 Å². The zero-order chi connectivity index (χ0) is 9.28. The van der Waals surface area contributed by atoms with E-state index in [9.17, 15) is 13.2 Å². The second-order valence-corrected chi connectivity index (χ2v) is 7.87. The van der Waals surface area contributed by atoms with Gasteiger partial charge in [0.2, 0.25) is 0 Å². The quantitative estimate of drug-likeness (QED) is 0.602. The van der Waals surface area contributed by atoms with Crippen LogP contribution >= 0.6 is 0 Å². The van der Waals surface area contributed by atoms with E-state index in [1.807, 2.05) is 0 Å². The Bertz CT molecular complexity index is 127. The van der Waals surface area contributed by atoms with Crippen LogP contribution in [0, 0.1) is 0 Å². The van der Waals surface area contributed by atoms with Gasteiger partial charge >= 0.3 is 6.18 Å². The lowest BCUT2D eigenvalue weighted by atomic mass is 10.4. The Labute approximate surface area is 65.7 Å². The molecule has 0 heterocycles. The van der Waals surface area contributed by atoms with Crippen LogP contribution in [-0.2, 0) is 4.43 Å². The molecular formula is C6H13F3OSi. The maximum Gasteiger partial charge on any atom is 0.413 e. The van der Waals surface area contributed by atoms with Gasteiger partial charge in [0.1, 0.15) is 6.10 Å². The molecule has 0 bridgehead atoms. The van der Waals surface area contributed by atoms with Crippen molar-refractivity contribution in [2.24, 2.45) is 0 Å². The monoisotopic (exact) mass is 186 g/mol. The van der Waals surface area contributed by atoms with Gasteiger partial charge in [0.25, 0.3) is 0 Å². The Morgan fingerprint density at radius 1 is 1.18 bits per heavy atom. The number of hydrogen-bond acceptors (Lipinski definition) is 1. The fourth-order valence-corrected chi connectivity index (χ4v) is 1.79. The molecule has 0 N–H and O–H groups in total. The second kappa shape index (κ2) is 3.14. The third-order valence-corrected chi connectivity index (χ3v) is 2.05. The molecule has 0 amide bonds. The van der Waals surface area contributed by atoms with Crippen LogP contribution in [0.1, 0.15) is 6.92 Å². The summed E-state index contributed by atoms with van der Waals surface area (Å²) in [5, 5.41) is 0. The van der Waals surface area contributed by atoms with Crippen LogP contribution < -0.4 is 0 Å². The van der Waals surface area contributed by atoms with Crippen molar-refractivity contribution in [3.8, 4) is 0 Å². The summed E-state index contributed by atoms with van der Waals surface area (Å²) in [6, 6.07) is 0. The SMILES string of the molecule is CC(O[Si](C)(C)C)C(F)(F)F. The Balaban J connectivity index is 3.99. The van der Waals surface area contributed by atoms with E-state index >= 15 is 0 Å². The first-order valence-electron chi connectivity index (χ1n) is 3.37. The molecule has 0 aromatic rings. The van der Waals surface area contributed by atoms with Gasteiger partial charge in [-0.25, -0.2) is 0 Å². The van der Waals surface area contributed by atoms with E-state index in [-0.39, 0.29) is 0 Å². The summed E-state index contributed by atoms with van der Waals surface area (Å²) in [5.74, 6) is 0. The minimum Gasteiger partial charge on any atom is -0.406 e. The van der Waals surface area contributed by atoms with Crippen LogP contribution in [0.2, 0.25) is 19.6 Å². The van der Waals surface area contributed by atoms with Crippen molar-refractivity contribution in [3.05, 3.63) is 0 Å². The maximum atomic E-state index is 11.9. The topological polar surface area (TPSA) is 9.23 Å². The van der Waals surface area contributed by atoms with Crippen LogP contribution in [-0.4, -0.2) is 20.6 Å². The predicted molar refractivity (Wildman–Crippen MR) is 39.9 cm³/mol. The van der Waals surface area contributed by atoms with Crippen molar-refractivity contribution in [1.29, 1.82) is 0 Å². The van der Waals surface area contributed by atoms with Gasteiger partial charge in [0, 0.05) is 0 Å². The summed E-state index contributed by atoms with van der Waals surface area (Å²) in [6.45, 7) is 6.23. The Morgan fingerprint density at radius 3 is 1.64 bits per heavy atom. The summed E-state index contributed by atoms with van der Waals surface area (Å²) in [4.78, 5) is 0. The van der Waals surface area contributed by atoms with Gasteiger partial charge in [-0.2, -0.15) is 13.2 Å². The largest absolute Gasteiger partial charge is 0.413 e. The molecule has 0 aliphatic rings. The summed E-state index contributed by atoms with van der Waals surface area (Å²) >= 11 is 0. The first kappa shape index (κ1) is 11.0. The summed E-state index contributed by atoms with van der Waals surface area (Å²) < 4.78 is 40.4. The second-order valence-electron chi connectivity index (χ2n) is 3.41. The van der Waals surface area contributed by atoms with E-state index in [2.05, 4.69) is 0 Å². The molecule has 0 aliphatic carbocycles. The molecule has 5 heteroatoms. The van der Waals surface area contributed by atoms with E-state index in [1.54, 1.807) is 19.6 Å². The third kappa shape index (κ3) is 5.26. The fraction of sp³-hybridized carbons (Fsp3) is 1.00. The molecule has 0 rings (SSSR count). The van der Waals surface area contributed by atoms with E-state index in [4.69, 9.17) is 4.43 Å². The first-order valence-corrected chi connectivity index (χ1v) is 6.78. The van der Waals surface area contributed by atoms with Crippen molar-refractivity contribution in [3.63, 3.8) is 0 Å². The lowest BCUT2D eigenvalue weighted by Gasteiger charge is -2.24. The lowest BCUT2D eigenvalue weighted by molar-refractivity contribution is -0.191. The van der Waals surface area contributed by atoms with E-state index in [0.29, 0.717) is 0 Å².